The fourth-order valence-corrected chi connectivity index (χ4v) is 2.37. The maximum Gasteiger partial charge on any atom is 0.416 e. The van der Waals surface area contributed by atoms with Gasteiger partial charge in [0, 0.05) is 5.56 Å². The highest BCUT2D eigenvalue weighted by Gasteiger charge is 2.30. The molecule has 2 aromatic rings. The van der Waals surface area contributed by atoms with E-state index >= 15 is 0 Å². The van der Waals surface area contributed by atoms with Gasteiger partial charge in [0.15, 0.2) is 0 Å². The molecule has 5 nitrogen and oxygen atoms in total. The van der Waals surface area contributed by atoms with Gasteiger partial charge in [0.1, 0.15) is 37.0 Å². The average Bonchev–Trinajstić information content (AvgIpc) is 2.71. The molecule has 0 saturated carbocycles. The third-order valence-electron chi connectivity index (χ3n) is 3.75. The zero-order chi connectivity index (χ0) is 21.3. The first-order valence-corrected chi connectivity index (χ1v) is 9.11. The van der Waals surface area contributed by atoms with Crippen LogP contribution in [0.1, 0.15) is 37.5 Å². The maximum absolute atomic E-state index is 12.8. The Morgan fingerprint density at radius 2 is 1.59 bits per heavy atom. The normalized spacial score (nSPS) is 12.6. The highest BCUT2D eigenvalue weighted by atomic mass is 19.4. The van der Waals surface area contributed by atoms with Gasteiger partial charge in [-0.05, 0) is 62.7 Å². The SMILES string of the molecule is CCO/N=C(C)/C(=N/OCC)c1ccc(OCc2cccc(C(F)(F)F)c2)cc1. The number of hydrogen-bond acceptors (Lipinski definition) is 5. The molecule has 0 aliphatic carbocycles. The summed E-state index contributed by atoms with van der Waals surface area (Å²) in [6.07, 6.45) is -4.38. The van der Waals surface area contributed by atoms with Gasteiger partial charge in [0.05, 0.1) is 5.56 Å². The molecule has 156 valence electrons. The first-order valence-electron chi connectivity index (χ1n) is 9.11. The van der Waals surface area contributed by atoms with Gasteiger partial charge < -0.3 is 14.4 Å². The Bertz CT molecular complexity index is 847. The summed E-state index contributed by atoms with van der Waals surface area (Å²) < 4.78 is 44.0. The number of benzene rings is 2. The van der Waals surface area contributed by atoms with Gasteiger partial charge in [-0.15, -0.1) is 0 Å². The van der Waals surface area contributed by atoms with Gasteiger partial charge in [0.2, 0.25) is 0 Å². The van der Waals surface area contributed by atoms with Gasteiger partial charge in [-0.25, -0.2) is 0 Å². The molecule has 8 heteroatoms. The Balaban J connectivity index is 2.11. The van der Waals surface area contributed by atoms with Crippen LogP contribution in [0.5, 0.6) is 5.75 Å². The highest BCUT2D eigenvalue weighted by Crippen LogP contribution is 2.29. The largest absolute Gasteiger partial charge is 0.489 e. The number of hydrogen-bond donors (Lipinski definition) is 0. The average molecular weight is 408 g/mol. The van der Waals surface area contributed by atoms with E-state index in [-0.39, 0.29) is 6.61 Å². The molecule has 29 heavy (non-hydrogen) atoms. The van der Waals surface area contributed by atoms with Crippen LogP contribution in [-0.4, -0.2) is 24.6 Å². The molecule has 0 saturated heterocycles. The summed E-state index contributed by atoms with van der Waals surface area (Å²) in [4.78, 5) is 10.2. The molecule has 0 amide bonds. The summed E-state index contributed by atoms with van der Waals surface area (Å²) in [6, 6.07) is 12.0. The molecule has 0 spiro atoms. The molecular weight excluding hydrogens is 385 g/mol. The van der Waals surface area contributed by atoms with Crippen molar-refractivity contribution in [1.82, 2.24) is 0 Å². The molecule has 0 atom stereocenters. The molecule has 0 fully saturated rings. The van der Waals surface area contributed by atoms with Crippen LogP contribution in [0.25, 0.3) is 0 Å². The van der Waals surface area contributed by atoms with Gasteiger partial charge in [-0.3, -0.25) is 0 Å². The Labute approximate surface area is 167 Å². The fourth-order valence-electron chi connectivity index (χ4n) is 2.37. The molecule has 0 bridgehead atoms. The number of halogens is 3. The minimum absolute atomic E-state index is 0.0218. The molecule has 2 aromatic carbocycles. The minimum Gasteiger partial charge on any atom is -0.489 e. The standard InChI is InChI=1S/C21H23F3N2O3/c1-4-28-25-15(3)20(26-29-5-2)17-9-11-19(12-10-17)27-14-16-7-6-8-18(13-16)21(22,23)24/h6-13H,4-5,14H2,1-3H3/b25-15+,26-20-. The summed E-state index contributed by atoms with van der Waals surface area (Å²) in [5.74, 6) is 0.515. The van der Waals surface area contributed by atoms with Crippen molar-refractivity contribution in [2.45, 2.75) is 33.6 Å². The second kappa shape index (κ2) is 10.5. The van der Waals surface area contributed by atoms with Gasteiger partial charge in [-0.2, -0.15) is 13.2 Å². The summed E-state index contributed by atoms with van der Waals surface area (Å²) in [6.45, 7) is 6.26. The van der Waals surface area contributed by atoms with E-state index in [1.807, 2.05) is 13.8 Å². The number of oxime groups is 2. The van der Waals surface area contributed by atoms with Crippen molar-refractivity contribution in [3.63, 3.8) is 0 Å². The smallest absolute Gasteiger partial charge is 0.416 e. The zero-order valence-corrected chi connectivity index (χ0v) is 16.5. The van der Waals surface area contributed by atoms with Crippen LogP contribution >= 0.6 is 0 Å². The van der Waals surface area contributed by atoms with E-state index in [1.54, 1.807) is 37.3 Å². The lowest BCUT2D eigenvalue weighted by Crippen LogP contribution is -2.14. The van der Waals surface area contributed by atoms with Crippen molar-refractivity contribution in [1.29, 1.82) is 0 Å². The van der Waals surface area contributed by atoms with Gasteiger partial charge >= 0.3 is 6.18 Å². The Hall–Kier alpha value is -3.03. The molecule has 0 radical (unpaired) electrons. The van der Waals surface area contributed by atoms with Crippen LogP contribution in [0.4, 0.5) is 13.2 Å². The summed E-state index contributed by atoms with van der Waals surface area (Å²) >= 11 is 0. The topological polar surface area (TPSA) is 52.4 Å². The van der Waals surface area contributed by atoms with E-state index in [9.17, 15) is 13.2 Å². The molecule has 2 rings (SSSR count). The molecule has 0 N–H and O–H groups in total. The first kappa shape index (κ1) is 22.3. The third-order valence-corrected chi connectivity index (χ3v) is 3.75. The van der Waals surface area contributed by atoms with Crippen molar-refractivity contribution in [2.75, 3.05) is 13.2 Å². The van der Waals surface area contributed by atoms with Crippen molar-refractivity contribution in [3.05, 3.63) is 65.2 Å². The van der Waals surface area contributed by atoms with E-state index in [0.29, 0.717) is 36.0 Å². The molecule has 0 unspecified atom stereocenters. The molecule has 0 aromatic heterocycles. The Kier molecular flexibility index (Phi) is 8.06. The van der Waals surface area contributed by atoms with E-state index in [0.717, 1.165) is 17.7 Å². The third kappa shape index (κ3) is 6.81. The van der Waals surface area contributed by atoms with Crippen molar-refractivity contribution < 1.29 is 27.6 Å². The fraction of sp³-hybridized carbons (Fsp3) is 0.333. The maximum atomic E-state index is 12.8. The summed E-state index contributed by atoms with van der Waals surface area (Å²) in [5.41, 5.74) is 1.55. The van der Waals surface area contributed by atoms with Crippen molar-refractivity contribution in [2.24, 2.45) is 10.3 Å². The second-order valence-electron chi connectivity index (χ2n) is 5.96. The highest BCUT2D eigenvalue weighted by molar-refractivity contribution is 6.47. The minimum atomic E-state index is -4.38. The van der Waals surface area contributed by atoms with E-state index in [4.69, 9.17) is 14.4 Å². The van der Waals surface area contributed by atoms with Crippen LogP contribution in [0.2, 0.25) is 0 Å². The lowest BCUT2D eigenvalue weighted by atomic mass is 10.1. The van der Waals surface area contributed by atoms with Crippen molar-refractivity contribution >= 4 is 11.4 Å². The predicted octanol–water partition coefficient (Wildman–Crippen LogP) is 5.44. The summed E-state index contributed by atoms with van der Waals surface area (Å²) in [7, 11) is 0. The molecule has 0 aliphatic heterocycles. The monoisotopic (exact) mass is 408 g/mol. The Morgan fingerprint density at radius 1 is 0.931 bits per heavy atom. The molecule has 0 aliphatic rings. The van der Waals surface area contributed by atoms with Gasteiger partial charge in [-0.1, -0.05) is 22.4 Å². The second-order valence-corrected chi connectivity index (χ2v) is 5.96. The zero-order valence-electron chi connectivity index (χ0n) is 16.5. The lowest BCUT2D eigenvalue weighted by Gasteiger charge is -2.11. The molecule has 0 heterocycles. The quantitative estimate of drug-likeness (QED) is 0.410. The van der Waals surface area contributed by atoms with Crippen LogP contribution in [-0.2, 0) is 22.5 Å². The molecular formula is C21H23F3N2O3. The van der Waals surface area contributed by atoms with E-state index in [2.05, 4.69) is 10.3 Å². The number of alkyl halides is 3. The van der Waals surface area contributed by atoms with E-state index < -0.39 is 11.7 Å². The number of ether oxygens (including phenoxy) is 1. The number of nitrogens with zero attached hydrogens (tertiary/aromatic N) is 2. The lowest BCUT2D eigenvalue weighted by molar-refractivity contribution is -0.137. The van der Waals surface area contributed by atoms with Crippen LogP contribution in [0.15, 0.2) is 58.8 Å². The van der Waals surface area contributed by atoms with Crippen LogP contribution in [0.3, 0.4) is 0 Å². The van der Waals surface area contributed by atoms with E-state index in [1.165, 1.54) is 6.07 Å². The van der Waals surface area contributed by atoms with Crippen LogP contribution < -0.4 is 4.74 Å². The number of rotatable bonds is 9. The predicted molar refractivity (Wildman–Crippen MR) is 105 cm³/mol. The summed E-state index contributed by atoms with van der Waals surface area (Å²) in [5, 5.41) is 8.06. The van der Waals surface area contributed by atoms with Gasteiger partial charge in [0.25, 0.3) is 0 Å². The Morgan fingerprint density at radius 3 is 2.21 bits per heavy atom. The van der Waals surface area contributed by atoms with Crippen molar-refractivity contribution in [3.8, 4) is 5.75 Å². The first-order chi connectivity index (χ1) is 13.8. The van der Waals surface area contributed by atoms with Crippen LogP contribution in [0, 0.1) is 0 Å².